The van der Waals surface area contributed by atoms with Crippen molar-refractivity contribution >= 4 is 11.7 Å². The average Bonchev–Trinajstić information content (AvgIpc) is 3.05. The molecule has 0 radical (unpaired) electrons. The Morgan fingerprint density at radius 1 is 1.50 bits per heavy atom. The molecule has 0 unspecified atom stereocenters. The molecule has 2 rings (SSSR count). The van der Waals surface area contributed by atoms with Gasteiger partial charge in [0.2, 0.25) is 0 Å². The van der Waals surface area contributed by atoms with Crippen molar-refractivity contribution in [3.63, 3.8) is 0 Å². The van der Waals surface area contributed by atoms with Crippen molar-refractivity contribution in [1.29, 1.82) is 0 Å². The fraction of sp³-hybridized carbons (Fsp3) is 0.214. The minimum absolute atomic E-state index is 0.0938. The van der Waals surface area contributed by atoms with E-state index in [1.54, 1.807) is 0 Å². The molecule has 8 nitrogen and oxygen atoms in total. The fourth-order valence-electron chi connectivity index (χ4n) is 1.75. The summed E-state index contributed by atoms with van der Waals surface area (Å²) in [6.07, 6.45) is 8.73. The quantitative estimate of drug-likeness (QED) is 0.265. The van der Waals surface area contributed by atoms with E-state index in [0.29, 0.717) is 12.8 Å². The number of ether oxygens (including phenoxy) is 1. The van der Waals surface area contributed by atoms with Gasteiger partial charge < -0.3 is 4.74 Å². The van der Waals surface area contributed by atoms with Crippen LogP contribution in [0.5, 0.6) is 0 Å². The Bertz CT molecular complexity index is 719. The van der Waals surface area contributed by atoms with E-state index in [4.69, 9.17) is 11.2 Å². The molecule has 112 valence electrons. The van der Waals surface area contributed by atoms with Crippen molar-refractivity contribution in [3.8, 4) is 18.0 Å². The standard InChI is InChI=1S/C14H12N4O4/c1-2-3-4-7-22-14(19)11-5-6-12(13(8-11)18(20)21)17-10-15-9-16-17/h1,5-6,8-10H,3-4,7H2. The minimum atomic E-state index is -0.634. The van der Waals surface area contributed by atoms with Gasteiger partial charge >= 0.3 is 5.97 Å². The molecular formula is C14H12N4O4. The lowest BCUT2D eigenvalue weighted by molar-refractivity contribution is -0.384. The molecule has 0 fully saturated rings. The highest BCUT2D eigenvalue weighted by molar-refractivity contribution is 5.90. The second-order valence-corrected chi connectivity index (χ2v) is 4.24. The van der Waals surface area contributed by atoms with Gasteiger partial charge in [0.15, 0.2) is 0 Å². The Hall–Kier alpha value is -3.21. The average molecular weight is 300 g/mol. The third-order valence-electron chi connectivity index (χ3n) is 2.77. The molecule has 1 aromatic carbocycles. The molecule has 0 saturated carbocycles. The van der Waals surface area contributed by atoms with Crippen LogP contribution in [0.15, 0.2) is 30.9 Å². The van der Waals surface area contributed by atoms with Crippen LogP contribution >= 0.6 is 0 Å². The Balaban J connectivity index is 2.21. The van der Waals surface area contributed by atoms with Crippen molar-refractivity contribution in [2.75, 3.05) is 6.61 Å². The molecule has 2 aromatic rings. The summed E-state index contributed by atoms with van der Waals surface area (Å²) >= 11 is 0. The van der Waals surface area contributed by atoms with E-state index in [1.807, 2.05) is 0 Å². The molecule has 1 aromatic heterocycles. The lowest BCUT2D eigenvalue weighted by atomic mass is 10.1. The number of rotatable bonds is 6. The van der Waals surface area contributed by atoms with Crippen molar-refractivity contribution < 1.29 is 14.5 Å². The number of carbonyl (C=O) groups excluding carboxylic acids is 1. The Morgan fingerprint density at radius 3 is 2.95 bits per heavy atom. The number of benzene rings is 1. The van der Waals surface area contributed by atoms with Gasteiger partial charge in [0.1, 0.15) is 18.3 Å². The van der Waals surface area contributed by atoms with Crippen LogP contribution in [0, 0.1) is 22.5 Å². The monoisotopic (exact) mass is 300 g/mol. The summed E-state index contributed by atoms with van der Waals surface area (Å²) in [6.45, 7) is 0.168. The molecule has 0 amide bonds. The molecule has 0 atom stereocenters. The predicted octanol–water partition coefficient (Wildman–Crippen LogP) is 1.75. The Kier molecular flexibility index (Phi) is 4.82. The van der Waals surface area contributed by atoms with Crippen molar-refractivity contribution in [3.05, 3.63) is 46.5 Å². The number of terminal acetylenes is 1. The van der Waals surface area contributed by atoms with Gasteiger partial charge in [0, 0.05) is 12.5 Å². The molecule has 0 bridgehead atoms. The Labute approximate surface area is 125 Å². The third-order valence-corrected chi connectivity index (χ3v) is 2.77. The first-order chi connectivity index (χ1) is 10.6. The summed E-state index contributed by atoms with van der Waals surface area (Å²) < 4.78 is 6.25. The highest BCUT2D eigenvalue weighted by atomic mass is 16.6. The number of nitro benzene ring substituents is 1. The minimum Gasteiger partial charge on any atom is -0.462 e. The van der Waals surface area contributed by atoms with Crippen LogP contribution in [0.1, 0.15) is 23.2 Å². The first-order valence-corrected chi connectivity index (χ1v) is 6.37. The van der Waals surface area contributed by atoms with Crippen LogP contribution in [-0.4, -0.2) is 32.3 Å². The number of esters is 1. The zero-order chi connectivity index (χ0) is 15.9. The number of unbranched alkanes of at least 4 members (excludes halogenated alkanes) is 1. The molecule has 22 heavy (non-hydrogen) atoms. The van der Waals surface area contributed by atoms with E-state index >= 15 is 0 Å². The highest BCUT2D eigenvalue weighted by Gasteiger charge is 2.20. The SMILES string of the molecule is C#CCCCOC(=O)c1ccc(-n2cncn2)c([N+](=O)[O-])c1. The van der Waals surface area contributed by atoms with Crippen LogP contribution in [0.2, 0.25) is 0 Å². The van der Waals surface area contributed by atoms with Crippen molar-refractivity contribution in [1.82, 2.24) is 14.8 Å². The van der Waals surface area contributed by atoms with Crippen molar-refractivity contribution in [2.24, 2.45) is 0 Å². The molecule has 0 aliphatic carbocycles. The zero-order valence-corrected chi connectivity index (χ0v) is 11.5. The molecular weight excluding hydrogens is 288 g/mol. The van der Waals surface area contributed by atoms with Gasteiger partial charge in [-0.2, -0.15) is 5.10 Å². The number of hydrogen-bond acceptors (Lipinski definition) is 6. The summed E-state index contributed by atoms with van der Waals surface area (Å²) in [5.41, 5.74) is 0.0474. The van der Waals surface area contributed by atoms with Crippen LogP contribution in [0.3, 0.4) is 0 Å². The van der Waals surface area contributed by atoms with Crippen LogP contribution < -0.4 is 0 Å². The van der Waals surface area contributed by atoms with Gasteiger partial charge in [-0.3, -0.25) is 10.1 Å². The number of nitrogens with zero attached hydrogens (tertiary/aromatic N) is 4. The van der Waals surface area contributed by atoms with Gasteiger partial charge in [0.25, 0.3) is 5.69 Å². The van der Waals surface area contributed by atoms with E-state index in [9.17, 15) is 14.9 Å². The molecule has 0 spiro atoms. The smallest absolute Gasteiger partial charge is 0.338 e. The number of aromatic nitrogens is 3. The molecule has 0 aliphatic rings. The highest BCUT2D eigenvalue weighted by Crippen LogP contribution is 2.23. The first kappa shape index (κ1) is 15.2. The fourth-order valence-corrected chi connectivity index (χ4v) is 1.75. The number of hydrogen-bond donors (Lipinski definition) is 0. The zero-order valence-electron chi connectivity index (χ0n) is 11.5. The molecule has 0 N–H and O–H groups in total. The van der Waals surface area contributed by atoms with E-state index in [-0.39, 0.29) is 23.5 Å². The van der Waals surface area contributed by atoms with Crippen molar-refractivity contribution in [2.45, 2.75) is 12.8 Å². The predicted molar refractivity (Wildman–Crippen MR) is 76.4 cm³/mol. The summed E-state index contributed by atoms with van der Waals surface area (Å²) in [7, 11) is 0. The molecule has 0 saturated heterocycles. The Morgan fingerprint density at radius 2 is 2.32 bits per heavy atom. The first-order valence-electron chi connectivity index (χ1n) is 6.37. The largest absolute Gasteiger partial charge is 0.462 e. The summed E-state index contributed by atoms with van der Waals surface area (Å²) in [4.78, 5) is 26.2. The van der Waals surface area contributed by atoms with Gasteiger partial charge in [-0.25, -0.2) is 14.5 Å². The van der Waals surface area contributed by atoms with E-state index in [0.717, 1.165) is 6.07 Å². The van der Waals surface area contributed by atoms with Gasteiger partial charge in [0.05, 0.1) is 17.1 Å². The maximum atomic E-state index is 11.8. The van der Waals surface area contributed by atoms with Crippen LogP contribution in [-0.2, 0) is 4.74 Å². The van der Waals surface area contributed by atoms with E-state index in [2.05, 4.69) is 16.0 Å². The van der Waals surface area contributed by atoms with Gasteiger partial charge in [-0.15, -0.1) is 12.3 Å². The second kappa shape index (κ2) is 6.99. The topological polar surface area (TPSA) is 100 Å². The third kappa shape index (κ3) is 3.46. The summed E-state index contributed by atoms with van der Waals surface area (Å²) in [5.74, 6) is 1.80. The summed E-state index contributed by atoms with van der Waals surface area (Å²) in [6, 6.07) is 4.01. The summed E-state index contributed by atoms with van der Waals surface area (Å²) in [5, 5.41) is 15.0. The normalized spacial score (nSPS) is 9.95. The maximum Gasteiger partial charge on any atom is 0.338 e. The molecule has 8 heteroatoms. The van der Waals surface area contributed by atoms with Gasteiger partial charge in [-0.1, -0.05) is 0 Å². The van der Waals surface area contributed by atoms with Gasteiger partial charge in [-0.05, 0) is 18.6 Å². The van der Waals surface area contributed by atoms with E-state index in [1.165, 1.54) is 29.5 Å². The molecule has 0 aliphatic heterocycles. The second-order valence-electron chi connectivity index (χ2n) is 4.24. The number of carbonyl (C=O) groups is 1. The van der Waals surface area contributed by atoms with E-state index < -0.39 is 10.9 Å². The lowest BCUT2D eigenvalue weighted by Gasteiger charge is -2.06. The van der Waals surface area contributed by atoms with Crippen LogP contribution in [0.25, 0.3) is 5.69 Å². The molecule has 1 heterocycles. The van der Waals surface area contributed by atoms with Crippen LogP contribution in [0.4, 0.5) is 5.69 Å². The maximum absolute atomic E-state index is 11.8. The lowest BCUT2D eigenvalue weighted by Crippen LogP contribution is -2.08. The number of nitro groups is 1.